The highest BCUT2D eigenvalue weighted by atomic mass is 16.5. The van der Waals surface area contributed by atoms with Gasteiger partial charge in [0.05, 0.1) is 0 Å². The number of aliphatic imine (C=N–C) groups is 1. The fourth-order valence-corrected chi connectivity index (χ4v) is 2.90. The number of unbranched alkanes of at least 4 members (excludes halogenated alkanes) is 1. The first-order valence-corrected chi connectivity index (χ1v) is 7.68. The Morgan fingerprint density at radius 2 is 1.68 bits per heavy atom. The maximum absolute atomic E-state index is 11.7. The zero-order valence-corrected chi connectivity index (χ0v) is 12.7. The van der Waals surface area contributed by atoms with Gasteiger partial charge in [0.2, 0.25) is 0 Å². The number of nitrogens with zero attached hydrogens (tertiary/aromatic N) is 1. The molecule has 0 atom stereocenters. The summed E-state index contributed by atoms with van der Waals surface area (Å²) in [4.78, 5) is 15.5. The van der Waals surface area contributed by atoms with E-state index >= 15 is 0 Å². The number of hydrogen-bond acceptors (Lipinski definition) is 2. The van der Waals surface area contributed by atoms with Crippen LogP contribution in [0.3, 0.4) is 0 Å². The molecule has 2 aromatic rings. The first kappa shape index (κ1) is 14.5. The molecule has 0 spiro atoms. The molecule has 0 radical (unpaired) electrons. The van der Waals surface area contributed by atoms with Crippen molar-refractivity contribution >= 4 is 12.3 Å². The van der Waals surface area contributed by atoms with Gasteiger partial charge in [0, 0.05) is 12.1 Å². The molecule has 2 aromatic carbocycles. The molecular formula is C19H19NO2. The first-order valence-electron chi connectivity index (χ1n) is 7.68. The molecule has 3 nitrogen and oxygen atoms in total. The zero-order valence-electron chi connectivity index (χ0n) is 12.7. The number of benzene rings is 2. The molecule has 0 N–H and O–H groups in total. The van der Waals surface area contributed by atoms with Crippen molar-refractivity contribution in [2.75, 3.05) is 6.61 Å². The molecule has 0 fully saturated rings. The summed E-state index contributed by atoms with van der Waals surface area (Å²) in [5, 5.41) is 0. The van der Waals surface area contributed by atoms with Crippen LogP contribution in [0.25, 0.3) is 11.1 Å². The average molecular weight is 293 g/mol. The van der Waals surface area contributed by atoms with E-state index in [1.807, 2.05) is 31.2 Å². The second-order valence-corrected chi connectivity index (χ2v) is 5.40. The number of carbonyl (C=O) groups excluding carboxylic acids is 1. The predicted octanol–water partition coefficient (Wildman–Crippen LogP) is 4.81. The molecule has 0 saturated heterocycles. The summed E-state index contributed by atoms with van der Waals surface area (Å²) in [6.45, 7) is 2.38. The first-order chi connectivity index (χ1) is 10.8. The largest absolute Gasteiger partial charge is 0.447 e. The van der Waals surface area contributed by atoms with Crippen molar-refractivity contribution in [3.8, 4) is 11.1 Å². The third kappa shape index (κ3) is 2.80. The van der Waals surface area contributed by atoms with Crippen LogP contribution < -0.4 is 0 Å². The Kier molecular flexibility index (Phi) is 4.33. The monoisotopic (exact) mass is 293 g/mol. The summed E-state index contributed by atoms with van der Waals surface area (Å²) in [5.41, 5.74) is 4.89. The highest BCUT2D eigenvalue weighted by Crippen LogP contribution is 2.44. The van der Waals surface area contributed by atoms with E-state index in [0.717, 1.165) is 12.8 Å². The molecule has 1 aliphatic carbocycles. The average Bonchev–Trinajstić information content (AvgIpc) is 2.87. The molecule has 3 rings (SSSR count). The van der Waals surface area contributed by atoms with Crippen LogP contribution in [0.4, 0.5) is 4.79 Å². The second-order valence-electron chi connectivity index (χ2n) is 5.40. The Hall–Kier alpha value is -2.42. The smallest absolute Gasteiger partial charge is 0.433 e. The van der Waals surface area contributed by atoms with Gasteiger partial charge in [0.15, 0.2) is 0 Å². The fourth-order valence-electron chi connectivity index (χ4n) is 2.90. The molecule has 1 aliphatic rings. The molecule has 0 unspecified atom stereocenters. The Balaban J connectivity index is 1.78. The summed E-state index contributed by atoms with van der Waals surface area (Å²) >= 11 is 0. The summed E-state index contributed by atoms with van der Waals surface area (Å²) in [7, 11) is 0. The molecule has 0 bridgehead atoms. The lowest BCUT2D eigenvalue weighted by Crippen LogP contribution is -2.10. The molecular weight excluding hydrogens is 274 g/mol. The van der Waals surface area contributed by atoms with Gasteiger partial charge in [-0.25, -0.2) is 4.79 Å². The van der Waals surface area contributed by atoms with Crippen molar-refractivity contribution in [3.63, 3.8) is 0 Å². The van der Waals surface area contributed by atoms with Gasteiger partial charge in [-0.3, -0.25) is 0 Å². The van der Waals surface area contributed by atoms with Gasteiger partial charge in [-0.05, 0) is 28.7 Å². The van der Waals surface area contributed by atoms with Crippen LogP contribution >= 0.6 is 0 Å². The van der Waals surface area contributed by atoms with Crippen molar-refractivity contribution in [1.82, 2.24) is 0 Å². The normalized spacial score (nSPS) is 13.1. The van der Waals surface area contributed by atoms with E-state index < -0.39 is 6.09 Å². The van der Waals surface area contributed by atoms with Crippen LogP contribution in [0.15, 0.2) is 53.5 Å². The molecule has 1 amide bonds. The summed E-state index contributed by atoms with van der Waals surface area (Å²) in [5.74, 6) is 0.0951. The number of rotatable bonds is 4. The second kappa shape index (κ2) is 6.56. The van der Waals surface area contributed by atoms with E-state index in [0.29, 0.717) is 6.61 Å². The van der Waals surface area contributed by atoms with Crippen molar-refractivity contribution in [2.45, 2.75) is 25.7 Å². The van der Waals surface area contributed by atoms with E-state index in [-0.39, 0.29) is 5.92 Å². The van der Waals surface area contributed by atoms with E-state index in [9.17, 15) is 4.79 Å². The van der Waals surface area contributed by atoms with E-state index in [2.05, 4.69) is 29.3 Å². The van der Waals surface area contributed by atoms with Gasteiger partial charge < -0.3 is 4.74 Å². The molecule has 3 heteroatoms. The quantitative estimate of drug-likeness (QED) is 0.759. The van der Waals surface area contributed by atoms with Crippen LogP contribution in [-0.2, 0) is 4.74 Å². The van der Waals surface area contributed by atoms with E-state index in [4.69, 9.17) is 4.74 Å². The minimum absolute atomic E-state index is 0.0951. The molecule has 0 saturated carbocycles. The Morgan fingerprint density at radius 3 is 2.27 bits per heavy atom. The minimum atomic E-state index is -0.504. The highest BCUT2D eigenvalue weighted by molar-refractivity contribution is 5.80. The lowest BCUT2D eigenvalue weighted by molar-refractivity contribution is 0.154. The molecule has 0 heterocycles. The van der Waals surface area contributed by atoms with E-state index in [1.54, 1.807) is 6.21 Å². The molecule has 0 aliphatic heterocycles. The summed E-state index contributed by atoms with van der Waals surface area (Å²) < 4.78 is 5.35. The maximum atomic E-state index is 11.7. The molecule has 0 aromatic heterocycles. The molecule has 22 heavy (non-hydrogen) atoms. The van der Waals surface area contributed by atoms with Crippen LogP contribution in [0, 0.1) is 0 Å². The third-order valence-electron chi connectivity index (χ3n) is 3.95. The van der Waals surface area contributed by atoms with Crippen molar-refractivity contribution in [3.05, 3.63) is 59.7 Å². The lowest BCUT2D eigenvalue weighted by atomic mass is 9.98. The minimum Gasteiger partial charge on any atom is -0.447 e. The number of fused-ring (bicyclic) bond motifs is 3. The fraction of sp³-hybridized carbons (Fsp3) is 0.263. The lowest BCUT2D eigenvalue weighted by Gasteiger charge is -2.12. The van der Waals surface area contributed by atoms with Crippen LogP contribution in [0.1, 0.15) is 36.8 Å². The maximum Gasteiger partial charge on any atom is 0.433 e. The van der Waals surface area contributed by atoms with E-state index in [1.165, 1.54) is 22.3 Å². The van der Waals surface area contributed by atoms with Gasteiger partial charge in [-0.2, -0.15) is 4.99 Å². The Morgan fingerprint density at radius 1 is 1.09 bits per heavy atom. The summed E-state index contributed by atoms with van der Waals surface area (Å²) in [6.07, 6.45) is 2.89. The topological polar surface area (TPSA) is 38.7 Å². The van der Waals surface area contributed by atoms with Crippen molar-refractivity contribution < 1.29 is 9.53 Å². The van der Waals surface area contributed by atoms with Crippen molar-refractivity contribution in [1.29, 1.82) is 0 Å². The highest BCUT2D eigenvalue weighted by Gasteiger charge is 2.28. The number of carbonyl (C=O) groups is 1. The van der Waals surface area contributed by atoms with Gasteiger partial charge in [0.1, 0.15) is 6.61 Å². The summed E-state index contributed by atoms with van der Waals surface area (Å²) in [6, 6.07) is 16.6. The third-order valence-corrected chi connectivity index (χ3v) is 3.95. The van der Waals surface area contributed by atoms with Crippen LogP contribution in [0.5, 0.6) is 0 Å². The number of ether oxygens (including phenoxy) is 1. The van der Waals surface area contributed by atoms with Gasteiger partial charge in [0.25, 0.3) is 0 Å². The Labute approximate surface area is 130 Å². The van der Waals surface area contributed by atoms with Crippen LogP contribution in [-0.4, -0.2) is 18.9 Å². The SMILES string of the molecule is CCCC=NC(=O)OCC1c2ccccc2-c2ccccc21. The number of hydrogen-bond donors (Lipinski definition) is 0. The van der Waals surface area contributed by atoms with Gasteiger partial charge in [-0.1, -0.05) is 61.9 Å². The van der Waals surface area contributed by atoms with Gasteiger partial charge in [-0.15, -0.1) is 0 Å². The van der Waals surface area contributed by atoms with Crippen molar-refractivity contribution in [2.24, 2.45) is 4.99 Å². The standard InChI is InChI=1S/C19H19NO2/c1-2-3-12-20-19(21)22-13-18-16-10-6-4-8-14(16)15-9-5-7-11-17(15)18/h4-12,18H,2-3,13H2,1H3. The zero-order chi connectivity index (χ0) is 15.4. The molecule has 112 valence electrons. The predicted molar refractivity (Wildman–Crippen MR) is 88.5 cm³/mol. The number of amides is 1. The van der Waals surface area contributed by atoms with Gasteiger partial charge >= 0.3 is 6.09 Å². The Bertz CT molecular complexity index is 661. The van der Waals surface area contributed by atoms with Crippen LogP contribution in [0.2, 0.25) is 0 Å².